The summed E-state index contributed by atoms with van der Waals surface area (Å²) in [5, 5.41) is 0. The number of rotatable bonds is 5. The molecule has 8 nitrogen and oxygen atoms in total. The number of benzene rings is 1. The van der Waals surface area contributed by atoms with Crippen molar-refractivity contribution in [3.8, 4) is 11.3 Å². The number of nitrogens with zero attached hydrogens (tertiary/aromatic N) is 3. The molecule has 1 amide bonds. The van der Waals surface area contributed by atoms with Gasteiger partial charge in [-0.3, -0.25) is 4.79 Å². The fourth-order valence-corrected chi connectivity index (χ4v) is 5.98. The van der Waals surface area contributed by atoms with E-state index >= 15 is 0 Å². The Labute approximate surface area is 190 Å². The quantitative estimate of drug-likeness (QED) is 0.714. The first kappa shape index (κ1) is 22.7. The highest BCUT2D eigenvalue weighted by Gasteiger charge is 2.39. The molecular formula is C23H31N5O3S. The standard InChI is InChI=1S/C23H31N5O3S/c1-16-13-23(2,3)28(14-16)21-19(9-10-20(25-21)17-7-5-4-6-8-17)22(29)26-32(30,31)27-12-11-18(24)15-27/h4-10,16,18H,11-15,24H2,1-3H3,(H,26,29)/t16-,18-/m0/s1. The third-order valence-electron chi connectivity index (χ3n) is 6.27. The molecule has 0 bridgehead atoms. The average molecular weight is 458 g/mol. The van der Waals surface area contributed by atoms with Gasteiger partial charge in [-0.15, -0.1) is 0 Å². The Bertz CT molecular complexity index is 1100. The van der Waals surface area contributed by atoms with Gasteiger partial charge in [0.2, 0.25) is 0 Å². The number of hydrogen-bond donors (Lipinski definition) is 2. The Balaban J connectivity index is 1.72. The van der Waals surface area contributed by atoms with Gasteiger partial charge in [-0.25, -0.2) is 9.71 Å². The van der Waals surface area contributed by atoms with Crippen LogP contribution in [0.5, 0.6) is 0 Å². The summed E-state index contributed by atoms with van der Waals surface area (Å²) in [6.07, 6.45) is 1.53. The van der Waals surface area contributed by atoms with E-state index in [-0.39, 0.29) is 23.7 Å². The van der Waals surface area contributed by atoms with Crippen molar-refractivity contribution in [1.82, 2.24) is 14.0 Å². The van der Waals surface area contributed by atoms with Gasteiger partial charge in [-0.2, -0.15) is 12.7 Å². The van der Waals surface area contributed by atoms with Gasteiger partial charge in [-0.1, -0.05) is 37.3 Å². The summed E-state index contributed by atoms with van der Waals surface area (Å²) in [6.45, 7) is 7.67. The van der Waals surface area contributed by atoms with Gasteiger partial charge < -0.3 is 10.6 Å². The summed E-state index contributed by atoms with van der Waals surface area (Å²) in [5.74, 6) is 0.257. The first-order chi connectivity index (χ1) is 15.1. The molecule has 3 N–H and O–H groups in total. The van der Waals surface area contributed by atoms with Gasteiger partial charge in [0.05, 0.1) is 11.3 Å². The van der Waals surface area contributed by atoms with Crippen molar-refractivity contribution in [2.24, 2.45) is 11.7 Å². The molecular weight excluding hydrogens is 426 g/mol. The smallest absolute Gasteiger partial charge is 0.304 e. The fourth-order valence-electron chi connectivity index (χ4n) is 4.77. The van der Waals surface area contributed by atoms with E-state index in [0.717, 1.165) is 24.2 Å². The van der Waals surface area contributed by atoms with Crippen molar-refractivity contribution in [2.45, 2.75) is 45.2 Å². The van der Waals surface area contributed by atoms with Crippen molar-refractivity contribution < 1.29 is 13.2 Å². The number of nitrogens with one attached hydrogen (secondary N) is 1. The number of aromatic nitrogens is 1. The Morgan fingerprint density at radius 1 is 1.16 bits per heavy atom. The molecule has 2 aliphatic rings. The van der Waals surface area contributed by atoms with Gasteiger partial charge in [0.1, 0.15) is 5.82 Å². The van der Waals surface area contributed by atoms with Crippen LogP contribution in [-0.2, 0) is 10.2 Å². The van der Waals surface area contributed by atoms with E-state index in [0.29, 0.717) is 24.7 Å². The summed E-state index contributed by atoms with van der Waals surface area (Å²) in [6, 6.07) is 13.0. The molecule has 9 heteroatoms. The predicted molar refractivity (Wildman–Crippen MR) is 125 cm³/mol. The van der Waals surface area contributed by atoms with Crippen LogP contribution in [0.4, 0.5) is 5.82 Å². The number of hydrogen-bond acceptors (Lipinski definition) is 6. The molecule has 2 atom stereocenters. The largest absolute Gasteiger partial charge is 0.351 e. The minimum Gasteiger partial charge on any atom is -0.351 e. The molecule has 3 heterocycles. The maximum absolute atomic E-state index is 13.2. The fraction of sp³-hybridized carbons (Fsp3) is 0.478. The van der Waals surface area contributed by atoms with Crippen molar-refractivity contribution in [1.29, 1.82) is 0 Å². The summed E-state index contributed by atoms with van der Waals surface area (Å²) in [5.41, 5.74) is 7.56. The third-order valence-corrected chi connectivity index (χ3v) is 7.72. The molecule has 172 valence electrons. The number of carbonyl (C=O) groups is 1. The molecule has 4 rings (SSSR count). The van der Waals surface area contributed by atoms with Crippen LogP contribution in [0.3, 0.4) is 0 Å². The first-order valence-electron chi connectivity index (χ1n) is 11.0. The van der Waals surface area contributed by atoms with Gasteiger partial charge in [0.15, 0.2) is 0 Å². The zero-order valence-corrected chi connectivity index (χ0v) is 19.6. The summed E-state index contributed by atoms with van der Waals surface area (Å²) in [4.78, 5) is 20.2. The minimum atomic E-state index is -3.97. The van der Waals surface area contributed by atoms with E-state index in [4.69, 9.17) is 10.7 Å². The highest BCUT2D eigenvalue weighted by atomic mass is 32.2. The van der Waals surface area contributed by atoms with Gasteiger partial charge in [0.25, 0.3) is 5.91 Å². The Morgan fingerprint density at radius 2 is 1.88 bits per heavy atom. The van der Waals surface area contributed by atoms with Crippen molar-refractivity contribution >= 4 is 21.9 Å². The maximum Gasteiger partial charge on any atom is 0.304 e. The molecule has 1 aromatic heterocycles. The molecule has 2 aromatic rings. The van der Waals surface area contributed by atoms with Crippen molar-refractivity contribution in [3.63, 3.8) is 0 Å². The lowest BCUT2D eigenvalue weighted by molar-refractivity contribution is 0.0979. The molecule has 2 saturated heterocycles. The minimum absolute atomic E-state index is 0.206. The predicted octanol–water partition coefficient (Wildman–Crippen LogP) is 2.38. The normalized spacial score (nSPS) is 23.4. The first-order valence-corrected chi connectivity index (χ1v) is 12.4. The van der Waals surface area contributed by atoms with E-state index in [1.807, 2.05) is 30.3 Å². The second-order valence-electron chi connectivity index (χ2n) is 9.51. The lowest BCUT2D eigenvalue weighted by Crippen LogP contribution is -2.44. The van der Waals surface area contributed by atoms with Crippen LogP contribution in [0.25, 0.3) is 11.3 Å². The SMILES string of the molecule is C[C@@H]1CN(c2nc(-c3ccccc3)ccc2C(=O)NS(=O)(=O)N2CC[C@H](N)C2)C(C)(C)C1. The summed E-state index contributed by atoms with van der Waals surface area (Å²) in [7, 11) is -3.97. The second-order valence-corrected chi connectivity index (χ2v) is 11.2. The molecule has 0 radical (unpaired) electrons. The summed E-state index contributed by atoms with van der Waals surface area (Å²) < 4.78 is 29.0. The molecule has 2 aliphatic heterocycles. The Morgan fingerprint density at radius 3 is 2.47 bits per heavy atom. The lowest BCUT2D eigenvalue weighted by Gasteiger charge is -2.34. The second kappa shape index (κ2) is 8.46. The van der Waals surface area contributed by atoms with Gasteiger partial charge in [-0.05, 0) is 44.7 Å². The van der Waals surface area contributed by atoms with Gasteiger partial charge in [0, 0.05) is 36.8 Å². The number of amides is 1. The number of pyridine rings is 1. The monoisotopic (exact) mass is 457 g/mol. The zero-order valence-electron chi connectivity index (χ0n) is 18.8. The maximum atomic E-state index is 13.2. The van der Waals surface area contributed by atoms with E-state index in [9.17, 15) is 13.2 Å². The van der Waals surface area contributed by atoms with E-state index < -0.39 is 16.1 Å². The molecule has 1 aromatic carbocycles. The Kier molecular flexibility index (Phi) is 6.00. The molecule has 0 saturated carbocycles. The van der Waals surface area contributed by atoms with Crippen LogP contribution in [0.15, 0.2) is 42.5 Å². The van der Waals surface area contributed by atoms with E-state index in [1.54, 1.807) is 12.1 Å². The van der Waals surface area contributed by atoms with Crippen LogP contribution in [0, 0.1) is 5.92 Å². The molecule has 0 aliphatic carbocycles. The van der Waals surface area contributed by atoms with Crippen molar-refractivity contribution in [2.75, 3.05) is 24.5 Å². The van der Waals surface area contributed by atoms with E-state index in [1.165, 1.54) is 4.31 Å². The van der Waals surface area contributed by atoms with Crippen molar-refractivity contribution in [3.05, 3.63) is 48.0 Å². The topological polar surface area (TPSA) is 109 Å². The third kappa shape index (κ3) is 4.51. The number of anilines is 1. The highest BCUT2D eigenvalue weighted by molar-refractivity contribution is 7.87. The summed E-state index contributed by atoms with van der Waals surface area (Å²) >= 11 is 0. The van der Waals surface area contributed by atoms with Crippen LogP contribution in [-0.4, -0.2) is 54.8 Å². The van der Waals surface area contributed by atoms with E-state index in [2.05, 4.69) is 30.4 Å². The van der Waals surface area contributed by atoms with Crippen LogP contribution >= 0.6 is 0 Å². The zero-order chi connectivity index (χ0) is 23.1. The average Bonchev–Trinajstić information content (AvgIpc) is 3.30. The lowest BCUT2D eigenvalue weighted by atomic mass is 9.97. The molecule has 32 heavy (non-hydrogen) atoms. The van der Waals surface area contributed by atoms with Gasteiger partial charge >= 0.3 is 10.2 Å². The molecule has 0 unspecified atom stereocenters. The Hall–Kier alpha value is -2.49. The molecule has 2 fully saturated rings. The number of carbonyl (C=O) groups excluding carboxylic acids is 1. The number of nitrogens with two attached hydrogens (primary N) is 1. The van der Waals surface area contributed by atoms with Crippen LogP contribution in [0.2, 0.25) is 0 Å². The highest BCUT2D eigenvalue weighted by Crippen LogP contribution is 2.38. The van der Waals surface area contributed by atoms with Crippen LogP contribution in [0.1, 0.15) is 44.0 Å². The molecule has 0 spiro atoms. The van der Waals surface area contributed by atoms with Crippen LogP contribution < -0.4 is 15.4 Å².